The van der Waals surface area contributed by atoms with Crippen LogP contribution < -0.4 is 0 Å². The van der Waals surface area contributed by atoms with Crippen molar-refractivity contribution in [1.82, 2.24) is 4.57 Å². The molecule has 0 unspecified atom stereocenters. The first-order valence-corrected chi connectivity index (χ1v) is 13.1. The first kappa shape index (κ1) is 25.5. The summed E-state index contributed by atoms with van der Waals surface area (Å²) in [4.78, 5) is 26.8. The lowest BCUT2D eigenvalue weighted by Crippen LogP contribution is -2.31. The molecular weight excluding hydrogens is 458 g/mol. The molecule has 0 saturated heterocycles. The number of hydrogen-bond donors (Lipinski definition) is 0. The maximum absolute atomic E-state index is 13.9. The Balaban J connectivity index is 1.94. The topological polar surface area (TPSA) is 48.3 Å². The van der Waals surface area contributed by atoms with Crippen LogP contribution in [0.3, 0.4) is 0 Å². The second-order valence-electron chi connectivity index (χ2n) is 10.7. The summed E-state index contributed by atoms with van der Waals surface area (Å²) < 4.78 is 7.64. The molecule has 1 aliphatic carbocycles. The third-order valence-electron chi connectivity index (χ3n) is 7.28. The van der Waals surface area contributed by atoms with Crippen LogP contribution in [-0.2, 0) is 22.5 Å². The summed E-state index contributed by atoms with van der Waals surface area (Å²) >= 11 is 6.14. The highest BCUT2D eigenvalue weighted by Crippen LogP contribution is 2.39. The third kappa shape index (κ3) is 5.18. The molecule has 1 aliphatic rings. The number of aromatic nitrogens is 1. The van der Waals surface area contributed by atoms with Crippen molar-refractivity contribution in [1.29, 1.82) is 0 Å². The van der Waals surface area contributed by atoms with E-state index in [1.807, 2.05) is 45.0 Å². The van der Waals surface area contributed by atoms with E-state index in [4.69, 9.17) is 16.3 Å². The second kappa shape index (κ2) is 10.2. The molecule has 4 rings (SSSR count). The van der Waals surface area contributed by atoms with Gasteiger partial charge in [0.1, 0.15) is 0 Å². The van der Waals surface area contributed by atoms with Crippen molar-refractivity contribution in [2.24, 2.45) is 11.3 Å². The smallest absolute Gasteiger partial charge is 0.311 e. The minimum atomic E-state index is -0.766. The highest BCUT2D eigenvalue weighted by Gasteiger charge is 2.36. The number of rotatable bonds is 9. The van der Waals surface area contributed by atoms with Gasteiger partial charge >= 0.3 is 5.97 Å². The fourth-order valence-electron chi connectivity index (χ4n) is 4.89. The Morgan fingerprint density at radius 3 is 2.37 bits per heavy atom. The van der Waals surface area contributed by atoms with Crippen LogP contribution in [0.5, 0.6) is 0 Å². The summed E-state index contributed by atoms with van der Waals surface area (Å²) in [6, 6.07) is 14.3. The Morgan fingerprint density at radius 1 is 1.11 bits per heavy atom. The average Bonchev–Trinajstić information content (AvgIpc) is 3.05. The predicted molar refractivity (Wildman–Crippen MR) is 142 cm³/mol. The molecule has 0 amide bonds. The Labute approximate surface area is 213 Å². The highest BCUT2D eigenvalue weighted by molar-refractivity contribution is 6.30. The molecule has 0 radical (unpaired) electrons. The van der Waals surface area contributed by atoms with Gasteiger partial charge in [-0.05, 0) is 74.9 Å². The van der Waals surface area contributed by atoms with Gasteiger partial charge in [-0.3, -0.25) is 9.59 Å². The minimum absolute atomic E-state index is 0.0664. The highest BCUT2D eigenvalue weighted by atomic mass is 35.5. The monoisotopic (exact) mass is 493 g/mol. The van der Waals surface area contributed by atoms with Crippen molar-refractivity contribution in [2.75, 3.05) is 6.61 Å². The number of ether oxygens (including phenoxy) is 1. The van der Waals surface area contributed by atoms with Gasteiger partial charge < -0.3 is 9.30 Å². The van der Waals surface area contributed by atoms with Gasteiger partial charge in [0, 0.05) is 46.1 Å². The molecule has 0 atom stereocenters. The summed E-state index contributed by atoms with van der Waals surface area (Å²) in [6.45, 7) is 10.9. The zero-order valence-corrected chi connectivity index (χ0v) is 22.2. The summed E-state index contributed by atoms with van der Waals surface area (Å²) in [5.74, 6) is 0.390. The second-order valence-corrected chi connectivity index (χ2v) is 11.2. The molecule has 4 nitrogen and oxygen atoms in total. The van der Waals surface area contributed by atoms with Crippen LogP contribution in [0.1, 0.15) is 87.0 Å². The van der Waals surface area contributed by atoms with Gasteiger partial charge in [0.25, 0.3) is 0 Å². The van der Waals surface area contributed by atoms with Crippen LogP contribution >= 0.6 is 11.6 Å². The van der Waals surface area contributed by atoms with Crippen LogP contribution in [0.4, 0.5) is 0 Å². The van der Waals surface area contributed by atoms with Gasteiger partial charge in [0.15, 0.2) is 5.78 Å². The van der Waals surface area contributed by atoms with Crippen molar-refractivity contribution in [3.8, 4) is 0 Å². The van der Waals surface area contributed by atoms with Crippen molar-refractivity contribution in [3.05, 3.63) is 69.9 Å². The number of hydrogen-bond acceptors (Lipinski definition) is 3. The van der Waals surface area contributed by atoms with Crippen LogP contribution in [0.25, 0.3) is 10.9 Å². The van der Waals surface area contributed by atoms with Gasteiger partial charge in [-0.15, -0.1) is 0 Å². The van der Waals surface area contributed by atoms with Gasteiger partial charge in [-0.1, -0.05) is 50.1 Å². The van der Waals surface area contributed by atoms with Gasteiger partial charge in [-0.25, -0.2) is 0 Å². The van der Waals surface area contributed by atoms with E-state index < -0.39 is 5.41 Å². The van der Waals surface area contributed by atoms with E-state index >= 15 is 0 Å². The number of esters is 1. The van der Waals surface area contributed by atoms with Gasteiger partial charge in [0.05, 0.1) is 12.0 Å². The maximum Gasteiger partial charge on any atom is 0.311 e. The van der Waals surface area contributed by atoms with E-state index in [-0.39, 0.29) is 17.7 Å². The molecule has 0 N–H and O–H groups in total. The lowest BCUT2D eigenvalue weighted by molar-refractivity contribution is -0.153. The predicted octanol–water partition coefficient (Wildman–Crippen LogP) is 7.58. The first-order valence-electron chi connectivity index (χ1n) is 12.7. The minimum Gasteiger partial charge on any atom is -0.466 e. The summed E-state index contributed by atoms with van der Waals surface area (Å²) in [6.07, 6.45) is 3.40. The average molecular weight is 494 g/mol. The van der Waals surface area contributed by atoms with Crippen molar-refractivity contribution in [3.63, 3.8) is 0 Å². The molecule has 1 heterocycles. The molecule has 1 saturated carbocycles. The van der Waals surface area contributed by atoms with Crippen LogP contribution in [-0.4, -0.2) is 22.9 Å². The van der Waals surface area contributed by atoms with Crippen LogP contribution in [0, 0.1) is 11.3 Å². The Kier molecular flexibility index (Phi) is 7.42. The van der Waals surface area contributed by atoms with Crippen LogP contribution in [0.2, 0.25) is 5.02 Å². The molecule has 5 heteroatoms. The van der Waals surface area contributed by atoms with Crippen molar-refractivity contribution < 1.29 is 14.3 Å². The molecule has 2 aromatic carbocycles. The van der Waals surface area contributed by atoms with E-state index in [2.05, 4.69) is 36.6 Å². The van der Waals surface area contributed by atoms with E-state index in [9.17, 15) is 9.59 Å². The normalized spacial score (nSPS) is 14.4. The Bertz CT molecular complexity index is 1230. The van der Waals surface area contributed by atoms with Crippen molar-refractivity contribution >= 4 is 34.3 Å². The number of carbonyl (C=O) groups is 2. The molecule has 0 aliphatic heterocycles. The van der Waals surface area contributed by atoms with Gasteiger partial charge in [0.2, 0.25) is 0 Å². The first-order chi connectivity index (χ1) is 16.6. The fraction of sp³-hybridized carbons (Fsp3) is 0.467. The molecule has 35 heavy (non-hydrogen) atoms. The summed E-state index contributed by atoms with van der Waals surface area (Å²) in [7, 11) is 0. The molecule has 0 spiro atoms. The SMILES string of the molecule is CCOC(=O)C(C)(C)Cc1c(C(=O)C2CCC2)c2cc(C(C)C)ccc2n1Cc1ccc(Cl)cc1. The molecular formula is C30H36ClNO3. The molecule has 0 bridgehead atoms. The zero-order chi connectivity index (χ0) is 25.3. The van der Waals surface area contributed by atoms with Gasteiger partial charge in [-0.2, -0.15) is 0 Å². The lowest BCUT2D eigenvalue weighted by atomic mass is 9.77. The number of carbonyl (C=O) groups excluding carboxylic acids is 2. The number of fused-ring (bicyclic) bond motifs is 1. The number of ketones is 1. The van der Waals surface area contributed by atoms with E-state index in [0.717, 1.165) is 47.0 Å². The number of Topliss-reactive ketones (excluding diaryl/α,β-unsaturated/α-hetero) is 1. The zero-order valence-electron chi connectivity index (χ0n) is 21.5. The third-order valence-corrected chi connectivity index (χ3v) is 7.53. The lowest BCUT2D eigenvalue weighted by Gasteiger charge is -2.27. The molecule has 1 aromatic heterocycles. The number of halogens is 1. The Hall–Kier alpha value is -2.59. The summed E-state index contributed by atoms with van der Waals surface area (Å²) in [5, 5.41) is 1.69. The number of nitrogens with zero attached hydrogens (tertiary/aromatic N) is 1. The summed E-state index contributed by atoms with van der Waals surface area (Å²) in [5.41, 5.74) is 4.28. The molecule has 3 aromatic rings. The molecule has 1 fully saturated rings. The van der Waals surface area contributed by atoms with Crippen molar-refractivity contribution in [2.45, 2.75) is 72.8 Å². The maximum atomic E-state index is 13.9. The van der Waals surface area contributed by atoms with E-state index in [0.29, 0.717) is 30.5 Å². The van der Waals surface area contributed by atoms with E-state index in [1.54, 1.807) is 0 Å². The quantitative estimate of drug-likeness (QED) is 0.228. The van der Waals surface area contributed by atoms with Crippen LogP contribution in [0.15, 0.2) is 42.5 Å². The largest absolute Gasteiger partial charge is 0.466 e. The molecule has 186 valence electrons. The number of benzene rings is 2. The van der Waals surface area contributed by atoms with E-state index in [1.165, 1.54) is 5.56 Å². The Morgan fingerprint density at radius 2 is 1.80 bits per heavy atom. The fourth-order valence-corrected chi connectivity index (χ4v) is 5.01. The standard InChI is InChI=1S/C30H36ClNO3/c1-6-35-29(34)30(4,5)17-26-27(28(33)21-8-7-9-21)24-16-22(19(2)3)12-15-25(24)32(26)18-20-10-13-23(31)14-11-20/h10-16,19,21H,6-9,17-18H2,1-5H3.